The summed E-state index contributed by atoms with van der Waals surface area (Å²) in [6.07, 6.45) is 0. The van der Waals surface area contributed by atoms with Crippen molar-refractivity contribution in [3.8, 4) is 0 Å². The Hall–Kier alpha value is 22.8. The Morgan fingerprint density at radius 1 is 0.273 bits per heavy atom. The van der Waals surface area contributed by atoms with Gasteiger partial charge in [0.25, 0.3) is 0 Å². The summed E-state index contributed by atoms with van der Waals surface area (Å²) >= 11 is 0. The zero-order chi connectivity index (χ0) is 44.4. The third-order valence-electron chi connectivity index (χ3n) is 4.85. The SMILES string of the molecule is [2H]P(PC)P(P(P)P)P(P(P(P)P)P(P)P)P(P(P(P)P)P(P)PC)P(P(P(P(P)P)P(P)P)P(P(P)P)P(P)P)P(P(P(P)P)P(P)P)P(P(P)P)P(P)P. The van der Waals surface area contributed by atoms with E-state index in [0.717, 1.165) is 16.5 Å². The van der Waals surface area contributed by atoms with E-state index in [1.807, 2.05) is 0 Å². The minimum atomic E-state index is -0.733. The van der Waals surface area contributed by atoms with E-state index in [9.17, 15) is 1.28 Å². The van der Waals surface area contributed by atoms with Crippen molar-refractivity contribution in [1.29, 1.82) is 1.28 Å². The lowest BCUT2D eigenvalue weighted by atomic mass is 12.0. The maximum atomic E-state index is 10.3. The van der Waals surface area contributed by atoms with Crippen LogP contribution in [0.1, 0.15) is 0 Å². The fourth-order valence-corrected chi connectivity index (χ4v) is 760. The van der Waals surface area contributed by atoms with Crippen molar-refractivity contribution in [2.75, 3.05) is 13.3 Å². The van der Waals surface area contributed by atoms with Crippen molar-refractivity contribution >= 4 is 422 Å². The summed E-state index contributed by atoms with van der Waals surface area (Å²) < 4.78 is 10.3. The van der Waals surface area contributed by atoms with E-state index in [4.69, 9.17) is 0 Å². The molecule has 332 valence electrons. The van der Waals surface area contributed by atoms with Gasteiger partial charge in [-0.1, -0.05) is 24.4 Å². The first-order valence-electron chi connectivity index (χ1n) is 13.3. The van der Waals surface area contributed by atoms with Gasteiger partial charge in [-0.05, 0) is 188 Å². The highest BCUT2D eigenvalue weighted by atomic mass is 33.6. The molecule has 33 unspecified atom stereocenters. The molecule has 0 aliphatic carbocycles. The molecular weight excluding hydrogens is 1670 g/mol. The Balaban J connectivity index is 10.2. The molecule has 0 aliphatic heterocycles. The molecule has 55 heavy (non-hydrogen) atoms. The first-order valence-corrected chi connectivity index (χ1v) is 110. The smallest absolute Gasteiger partial charge is 0.0680 e. The van der Waals surface area contributed by atoms with Gasteiger partial charge in [0.05, 0.1) is 1.28 Å². The number of hydrogen-bond donors (Lipinski definition) is 0. The van der Waals surface area contributed by atoms with Crippen molar-refractivity contribution in [3.05, 3.63) is 0 Å². The van der Waals surface area contributed by atoms with Crippen LogP contribution in [0.2, 0.25) is 0 Å². The van der Waals surface area contributed by atoms with Crippen LogP contribution in [-0.2, 0) is 0 Å². The molecule has 0 aromatic carbocycles. The van der Waals surface area contributed by atoms with Crippen LogP contribution in [-0.4, -0.2) is 14.6 Å². The molecule has 33 atom stereocenters. The van der Waals surface area contributed by atoms with Crippen molar-refractivity contribution in [2.24, 2.45) is 0 Å². The van der Waals surface area contributed by atoms with Gasteiger partial charge in [-0.3, -0.25) is 0 Å². The molecule has 0 N–H and O–H groups in total. The second-order valence-corrected chi connectivity index (χ2v) is 226. The van der Waals surface area contributed by atoms with Gasteiger partial charge in [0.1, 0.15) is 0 Å². The zero-order valence-corrected chi connectivity index (χ0v) is 83.2. The van der Waals surface area contributed by atoms with E-state index in [1.54, 1.807) is 0 Å². The lowest BCUT2D eigenvalue weighted by molar-refractivity contribution is 2.51. The van der Waals surface area contributed by atoms with Crippen LogP contribution in [0.3, 0.4) is 0 Å². The maximum Gasteiger partial charge on any atom is 0.0680 e. The number of hydrogen-bond acceptors (Lipinski definition) is 0. The lowest BCUT2D eigenvalue weighted by Crippen LogP contribution is -1.72. The summed E-state index contributed by atoms with van der Waals surface area (Å²) in [5.41, 5.74) is 0. The van der Waals surface area contributed by atoms with Gasteiger partial charge in [0.2, 0.25) is 0 Å². The first-order chi connectivity index (χ1) is 25.6. The molecule has 0 bridgehead atoms. The minimum Gasteiger partial charge on any atom is -0.102 e. The van der Waals surface area contributed by atoms with Crippen molar-refractivity contribution in [3.63, 3.8) is 0 Å². The van der Waals surface area contributed by atoms with Gasteiger partial charge < -0.3 is 0 Å². The standard InChI is InChI=1S/C2H59P53/c1-28-30-44(31(3)4)51(45(32(5)6)33(7)8)54(50(42(25)26)43(27)29-2)55(52(46(34(9)10)35(11)12)47(36(13)14)37(15)16)53(48(38(17)18)39(19)20)49(40(21)22)41(23)24/h28-30H,3-27H2,1-2H3/i30D. The third-order valence-corrected chi connectivity index (χ3v) is 375. The number of rotatable bonds is 27. The molecule has 0 nitrogen and oxygen atoms in total. The molecule has 0 aliphatic rings. The Morgan fingerprint density at radius 2 is 0.473 bits per heavy atom. The van der Waals surface area contributed by atoms with Gasteiger partial charge in [-0.25, -0.2) is 0 Å². The first kappa shape index (κ1) is 75.8. The molecule has 0 fully saturated rings. The van der Waals surface area contributed by atoms with Crippen LogP contribution in [0.4, 0.5) is 0 Å². The Labute approximate surface area is 430 Å². The van der Waals surface area contributed by atoms with Crippen LogP contribution < -0.4 is 0 Å². The molecule has 0 heterocycles. The molecule has 0 spiro atoms. The molecule has 0 amide bonds. The monoisotopic (exact) mass is 1730 g/mol. The van der Waals surface area contributed by atoms with Crippen molar-refractivity contribution in [2.45, 2.75) is 0 Å². The summed E-state index contributed by atoms with van der Waals surface area (Å²) in [6.45, 7) is -1.07. The fraction of sp³-hybridized carbons (Fsp3) is 1.00. The zero-order valence-electron chi connectivity index (χ0n) is 30.1. The quantitative estimate of drug-likeness (QED) is 0.0719. The van der Waals surface area contributed by atoms with Gasteiger partial charge >= 0.3 is 0 Å². The van der Waals surface area contributed by atoms with Crippen LogP contribution in [0.15, 0.2) is 0 Å². The van der Waals surface area contributed by atoms with E-state index < -0.39 is 7.90 Å². The molecule has 0 radical (unpaired) electrons. The minimum absolute atomic E-state index is 0.150. The third kappa shape index (κ3) is 28.0. The van der Waals surface area contributed by atoms with Crippen molar-refractivity contribution in [1.82, 2.24) is 0 Å². The van der Waals surface area contributed by atoms with E-state index in [1.165, 1.54) is 0 Å². The Kier molecular flexibility index (Phi) is 59.8. The highest BCUT2D eigenvalue weighted by Gasteiger charge is 2.59. The summed E-state index contributed by atoms with van der Waals surface area (Å²) in [7, 11) is 88.8. The van der Waals surface area contributed by atoms with E-state index in [-0.39, 0.29) is 175 Å². The van der Waals surface area contributed by atoms with Crippen LogP contribution in [0.5, 0.6) is 0 Å². The van der Waals surface area contributed by atoms with E-state index in [2.05, 4.69) is 237 Å². The summed E-state index contributed by atoms with van der Waals surface area (Å²) in [5.74, 6) is 0. The predicted molar refractivity (Wildman–Crippen MR) is 453 cm³/mol. The fourth-order valence-electron chi connectivity index (χ4n) is 3.25. The molecule has 53 heteroatoms. The second-order valence-electron chi connectivity index (χ2n) is 8.67. The predicted octanol–water partition coefficient (Wildman–Crippen LogP) is 31.8. The van der Waals surface area contributed by atoms with Crippen LogP contribution in [0, 0.1) is 0 Å². The summed E-state index contributed by atoms with van der Waals surface area (Å²) in [4.78, 5) is 0. The van der Waals surface area contributed by atoms with Crippen LogP contribution in [0.25, 0.3) is 0 Å². The molecule has 0 saturated heterocycles. The summed E-state index contributed by atoms with van der Waals surface area (Å²) in [6, 6.07) is 0. The van der Waals surface area contributed by atoms with Gasteiger partial charge in [-0.2, -0.15) is 0 Å². The normalized spacial score (nSPS) is 18.1. The van der Waals surface area contributed by atoms with E-state index >= 15 is 0 Å². The van der Waals surface area contributed by atoms with E-state index in [0.29, 0.717) is 0 Å². The van der Waals surface area contributed by atoms with Gasteiger partial charge in [0.15, 0.2) is 0 Å². The topological polar surface area (TPSA) is 0 Å². The Morgan fingerprint density at radius 3 is 0.655 bits per heavy atom. The molecule has 0 rings (SSSR count). The van der Waals surface area contributed by atoms with Crippen LogP contribution >= 0.6 is 422 Å². The Bertz CT molecular complexity index is 883. The largest absolute Gasteiger partial charge is 0.102 e. The highest BCUT2D eigenvalue weighted by molar-refractivity contribution is 9.52. The molecule has 0 aromatic rings. The average Bonchev–Trinajstić information content (AvgIpc) is 3.01. The molecular formula is C2H59P53. The van der Waals surface area contributed by atoms with Crippen molar-refractivity contribution < 1.29 is 0 Å². The average molecular weight is 1730 g/mol. The van der Waals surface area contributed by atoms with Gasteiger partial charge in [-0.15, -0.1) is 223 Å². The lowest BCUT2D eigenvalue weighted by Gasteiger charge is -2.59. The molecule has 0 saturated carbocycles. The molecule has 0 aromatic heterocycles. The van der Waals surface area contributed by atoms with Gasteiger partial charge in [0, 0.05) is 0 Å². The maximum absolute atomic E-state index is 10.3. The highest BCUT2D eigenvalue weighted by Crippen LogP contribution is 3.47. The second kappa shape index (κ2) is 43.4. The summed E-state index contributed by atoms with van der Waals surface area (Å²) in [5, 5.41) is 0.